The summed E-state index contributed by atoms with van der Waals surface area (Å²) in [6.07, 6.45) is 1.88. The van der Waals surface area contributed by atoms with Crippen LogP contribution in [0.1, 0.15) is 36.2 Å². The maximum absolute atomic E-state index is 13.1. The molecule has 1 heterocycles. The molecule has 1 atom stereocenters. The lowest BCUT2D eigenvalue weighted by Gasteiger charge is -2.35. The first-order valence-electron chi connectivity index (χ1n) is 7.77. The van der Waals surface area contributed by atoms with Crippen LogP contribution in [0.25, 0.3) is 0 Å². The summed E-state index contributed by atoms with van der Waals surface area (Å²) in [6.45, 7) is 3.38. The minimum Gasteiger partial charge on any atom is -0.426 e. The maximum atomic E-state index is 13.1. The molecule has 0 saturated carbocycles. The van der Waals surface area contributed by atoms with Crippen molar-refractivity contribution in [1.29, 1.82) is 0 Å². The van der Waals surface area contributed by atoms with E-state index in [0.717, 1.165) is 18.5 Å². The molecule has 0 unspecified atom stereocenters. The van der Waals surface area contributed by atoms with Gasteiger partial charge in [-0.05, 0) is 43.5 Å². The maximum Gasteiger partial charge on any atom is 0.308 e. The largest absolute Gasteiger partial charge is 0.426 e. The van der Waals surface area contributed by atoms with Crippen LogP contribution in [0.3, 0.4) is 0 Å². The third-order valence-electron chi connectivity index (χ3n) is 4.11. The molecule has 2 aromatic rings. The molecular formula is C19H19NO3. The second kappa shape index (κ2) is 6.24. The summed E-state index contributed by atoms with van der Waals surface area (Å²) in [6, 6.07) is 14.9. The van der Waals surface area contributed by atoms with Gasteiger partial charge in [-0.1, -0.05) is 30.3 Å². The van der Waals surface area contributed by atoms with E-state index in [-0.39, 0.29) is 11.9 Å². The van der Waals surface area contributed by atoms with Gasteiger partial charge in [0.2, 0.25) is 0 Å². The average molecular weight is 309 g/mol. The summed E-state index contributed by atoms with van der Waals surface area (Å²) in [5, 5.41) is 0. The van der Waals surface area contributed by atoms with Crippen molar-refractivity contribution in [2.24, 2.45) is 0 Å². The lowest BCUT2D eigenvalue weighted by Crippen LogP contribution is -2.42. The second-order valence-corrected chi connectivity index (χ2v) is 5.78. The average Bonchev–Trinajstić information content (AvgIpc) is 2.54. The second-order valence-electron chi connectivity index (χ2n) is 5.78. The van der Waals surface area contributed by atoms with Crippen molar-refractivity contribution < 1.29 is 14.3 Å². The number of rotatable bonds is 2. The highest BCUT2D eigenvalue weighted by Gasteiger charge is 2.30. The monoisotopic (exact) mass is 309 g/mol. The lowest BCUT2D eigenvalue weighted by molar-refractivity contribution is -0.131. The molecule has 0 spiro atoms. The summed E-state index contributed by atoms with van der Waals surface area (Å²) in [4.78, 5) is 26.2. The van der Waals surface area contributed by atoms with E-state index >= 15 is 0 Å². The number of amides is 1. The molecule has 0 fully saturated rings. The predicted octanol–water partition coefficient (Wildman–Crippen LogP) is 3.59. The van der Waals surface area contributed by atoms with E-state index in [1.165, 1.54) is 12.5 Å². The number of aryl methyl sites for hydroxylation is 1. The van der Waals surface area contributed by atoms with E-state index in [4.69, 9.17) is 4.74 Å². The van der Waals surface area contributed by atoms with Crippen LogP contribution in [-0.2, 0) is 11.2 Å². The minimum absolute atomic E-state index is 0.0998. The Hall–Kier alpha value is -2.62. The third kappa shape index (κ3) is 2.97. The van der Waals surface area contributed by atoms with E-state index in [2.05, 4.69) is 6.07 Å². The Bertz CT molecular complexity index is 754. The SMILES string of the molecule is CC(=O)Oc1ccccc1C(=O)N1c2ccccc2CC[C@@H]1C. The van der Waals surface area contributed by atoms with Gasteiger partial charge in [0.25, 0.3) is 5.91 Å². The lowest BCUT2D eigenvalue weighted by atomic mass is 9.95. The highest BCUT2D eigenvalue weighted by Crippen LogP contribution is 2.33. The van der Waals surface area contributed by atoms with Crippen LogP contribution < -0.4 is 9.64 Å². The number of hydrogen-bond donors (Lipinski definition) is 0. The van der Waals surface area contributed by atoms with E-state index < -0.39 is 5.97 Å². The number of para-hydroxylation sites is 2. The summed E-state index contributed by atoms with van der Waals surface area (Å²) in [5.74, 6) is -0.265. The predicted molar refractivity (Wildman–Crippen MR) is 88.8 cm³/mol. The number of hydrogen-bond acceptors (Lipinski definition) is 3. The highest BCUT2D eigenvalue weighted by molar-refractivity contribution is 6.09. The number of esters is 1. The summed E-state index contributed by atoms with van der Waals surface area (Å²) in [5.41, 5.74) is 2.52. The molecule has 0 bridgehead atoms. The zero-order valence-corrected chi connectivity index (χ0v) is 13.3. The van der Waals surface area contributed by atoms with Crippen LogP contribution in [0.15, 0.2) is 48.5 Å². The fourth-order valence-corrected chi connectivity index (χ4v) is 3.01. The van der Waals surface area contributed by atoms with Gasteiger partial charge < -0.3 is 9.64 Å². The smallest absolute Gasteiger partial charge is 0.308 e. The van der Waals surface area contributed by atoms with Crippen molar-refractivity contribution in [3.8, 4) is 5.75 Å². The molecule has 1 amide bonds. The van der Waals surface area contributed by atoms with Gasteiger partial charge in [-0.15, -0.1) is 0 Å². The van der Waals surface area contributed by atoms with Crippen LogP contribution >= 0.6 is 0 Å². The van der Waals surface area contributed by atoms with Gasteiger partial charge in [0.15, 0.2) is 0 Å². The molecule has 0 aliphatic carbocycles. The number of anilines is 1. The number of carbonyl (C=O) groups excluding carboxylic acids is 2. The van der Waals surface area contributed by atoms with Crippen molar-refractivity contribution >= 4 is 17.6 Å². The van der Waals surface area contributed by atoms with Crippen molar-refractivity contribution in [3.63, 3.8) is 0 Å². The Labute approximate surface area is 135 Å². The van der Waals surface area contributed by atoms with Crippen LogP contribution in [0.5, 0.6) is 5.75 Å². The molecule has 2 aromatic carbocycles. The number of benzene rings is 2. The molecule has 0 N–H and O–H groups in total. The van der Waals surface area contributed by atoms with Gasteiger partial charge >= 0.3 is 5.97 Å². The van der Waals surface area contributed by atoms with Gasteiger partial charge in [0.05, 0.1) is 5.56 Å². The number of fused-ring (bicyclic) bond motifs is 1. The summed E-state index contributed by atoms with van der Waals surface area (Å²) >= 11 is 0. The highest BCUT2D eigenvalue weighted by atomic mass is 16.5. The molecule has 0 radical (unpaired) electrons. The first-order chi connectivity index (χ1) is 11.1. The van der Waals surface area contributed by atoms with Crippen LogP contribution in [-0.4, -0.2) is 17.9 Å². The van der Waals surface area contributed by atoms with Crippen LogP contribution in [0, 0.1) is 0 Å². The zero-order valence-electron chi connectivity index (χ0n) is 13.3. The van der Waals surface area contributed by atoms with Crippen LogP contribution in [0.2, 0.25) is 0 Å². The molecule has 1 aliphatic rings. The van der Waals surface area contributed by atoms with Gasteiger partial charge in [-0.2, -0.15) is 0 Å². The third-order valence-corrected chi connectivity index (χ3v) is 4.11. The fraction of sp³-hybridized carbons (Fsp3) is 0.263. The summed E-state index contributed by atoms with van der Waals surface area (Å²) < 4.78 is 5.19. The Morgan fingerprint density at radius 2 is 1.78 bits per heavy atom. The number of carbonyl (C=O) groups is 2. The Morgan fingerprint density at radius 3 is 2.57 bits per heavy atom. The van der Waals surface area contributed by atoms with Gasteiger partial charge in [0, 0.05) is 18.7 Å². The fourth-order valence-electron chi connectivity index (χ4n) is 3.01. The van der Waals surface area contributed by atoms with E-state index in [1.54, 1.807) is 29.2 Å². The molecule has 0 saturated heterocycles. The molecule has 3 rings (SSSR count). The Morgan fingerprint density at radius 1 is 1.09 bits per heavy atom. The Kier molecular flexibility index (Phi) is 4.15. The molecule has 4 nitrogen and oxygen atoms in total. The van der Waals surface area contributed by atoms with Gasteiger partial charge in [-0.25, -0.2) is 0 Å². The van der Waals surface area contributed by atoms with E-state index in [1.807, 2.05) is 25.1 Å². The molecule has 0 aromatic heterocycles. The van der Waals surface area contributed by atoms with E-state index in [9.17, 15) is 9.59 Å². The molecule has 23 heavy (non-hydrogen) atoms. The standard InChI is InChI=1S/C19H19NO3/c1-13-11-12-15-7-3-5-9-17(15)20(13)19(22)16-8-4-6-10-18(16)23-14(2)21/h3-10,13H,11-12H2,1-2H3/t13-/m0/s1. The van der Waals surface area contributed by atoms with Gasteiger partial charge in [-0.3, -0.25) is 9.59 Å². The number of ether oxygens (including phenoxy) is 1. The minimum atomic E-state index is -0.433. The first-order valence-corrected chi connectivity index (χ1v) is 7.77. The normalized spacial score (nSPS) is 16.6. The van der Waals surface area contributed by atoms with Crippen LogP contribution in [0.4, 0.5) is 5.69 Å². The molecule has 118 valence electrons. The van der Waals surface area contributed by atoms with Crippen molar-refractivity contribution in [3.05, 3.63) is 59.7 Å². The Balaban J connectivity index is 2.02. The molecule has 4 heteroatoms. The quantitative estimate of drug-likeness (QED) is 0.629. The van der Waals surface area contributed by atoms with E-state index in [0.29, 0.717) is 11.3 Å². The first kappa shape index (κ1) is 15.3. The number of nitrogens with zero attached hydrogens (tertiary/aromatic N) is 1. The van der Waals surface area contributed by atoms with Gasteiger partial charge in [0.1, 0.15) is 5.75 Å². The molecular weight excluding hydrogens is 290 g/mol. The van der Waals surface area contributed by atoms with Crippen molar-refractivity contribution in [2.75, 3.05) is 4.90 Å². The van der Waals surface area contributed by atoms with Crippen molar-refractivity contribution in [1.82, 2.24) is 0 Å². The topological polar surface area (TPSA) is 46.6 Å². The zero-order chi connectivity index (χ0) is 16.4. The summed E-state index contributed by atoms with van der Waals surface area (Å²) in [7, 11) is 0. The van der Waals surface area contributed by atoms with Crippen molar-refractivity contribution in [2.45, 2.75) is 32.7 Å². The molecule has 1 aliphatic heterocycles.